The van der Waals surface area contributed by atoms with Crippen LogP contribution in [0.4, 0.5) is 0 Å². The van der Waals surface area contributed by atoms with Crippen molar-refractivity contribution in [1.82, 2.24) is 0 Å². The molecule has 0 aromatic heterocycles. The topological polar surface area (TPSA) is 0 Å². The summed E-state index contributed by atoms with van der Waals surface area (Å²) in [4.78, 5) is 0. The Bertz CT molecular complexity index is 101. The average Bonchev–Trinajstić information content (AvgIpc) is 1.80. The van der Waals surface area contributed by atoms with Gasteiger partial charge in [-0.1, -0.05) is 13.8 Å². The molecule has 0 saturated heterocycles. The van der Waals surface area contributed by atoms with E-state index in [9.17, 15) is 0 Å². The third kappa shape index (κ3) is 7.56. The van der Waals surface area contributed by atoms with Crippen molar-refractivity contribution in [3.63, 3.8) is 0 Å². The van der Waals surface area contributed by atoms with Crippen LogP contribution in [0.15, 0.2) is 0 Å². The summed E-state index contributed by atoms with van der Waals surface area (Å²) in [7, 11) is 0. The maximum atomic E-state index is 3.63. The van der Waals surface area contributed by atoms with E-state index in [2.05, 4.69) is 32.6 Å². The first-order valence-corrected chi connectivity index (χ1v) is 3.52. The Balaban J connectivity index is 3.09. The zero-order valence-electron chi connectivity index (χ0n) is 6.41. The van der Waals surface area contributed by atoms with Crippen LogP contribution in [-0.2, 0) is 0 Å². The Morgan fingerprint density at radius 3 is 2.44 bits per heavy atom. The molecule has 0 saturated carbocycles. The summed E-state index contributed by atoms with van der Waals surface area (Å²) in [5, 5.41) is 0. The second-order valence-corrected chi connectivity index (χ2v) is 2.54. The monoisotopic (exact) mass is 123 g/mol. The van der Waals surface area contributed by atoms with Crippen LogP contribution in [0.25, 0.3) is 0 Å². The van der Waals surface area contributed by atoms with Crippen LogP contribution in [0.1, 0.15) is 33.1 Å². The molecule has 0 spiro atoms. The average molecular weight is 123 g/mol. The zero-order valence-corrected chi connectivity index (χ0v) is 6.41. The summed E-state index contributed by atoms with van der Waals surface area (Å²) >= 11 is 0. The summed E-state index contributed by atoms with van der Waals surface area (Å²) in [6, 6.07) is 0. The highest BCUT2D eigenvalue weighted by Gasteiger charge is 1.88. The van der Waals surface area contributed by atoms with Crippen LogP contribution >= 0.6 is 0 Å². The van der Waals surface area contributed by atoms with Crippen molar-refractivity contribution in [3.05, 3.63) is 6.92 Å². The van der Waals surface area contributed by atoms with Crippen molar-refractivity contribution in [2.75, 3.05) is 0 Å². The van der Waals surface area contributed by atoms with E-state index in [1.807, 2.05) is 0 Å². The molecule has 0 nitrogen and oxygen atoms in total. The van der Waals surface area contributed by atoms with E-state index < -0.39 is 0 Å². The van der Waals surface area contributed by atoms with Gasteiger partial charge < -0.3 is 0 Å². The van der Waals surface area contributed by atoms with Crippen LogP contribution < -0.4 is 0 Å². The highest BCUT2D eigenvalue weighted by Crippen LogP contribution is 2.01. The minimum Gasteiger partial charge on any atom is -0.103 e. The van der Waals surface area contributed by atoms with Gasteiger partial charge in [0.05, 0.1) is 0 Å². The molecule has 0 atom stereocenters. The molecule has 0 aliphatic rings. The molecule has 51 valence electrons. The second kappa shape index (κ2) is 5.69. The van der Waals surface area contributed by atoms with Gasteiger partial charge in [-0.3, -0.25) is 0 Å². The van der Waals surface area contributed by atoms with Crippen molar-refractivity contribution >= 4 is 0 Å². The molecular weight excluding hydrogens is 108 g/mol. The smallest absolute Gasteiger partial charge is 0.00911 e. The van der Waals surface area contributed by atoms with Gasteiger partial charge in [0.15, 0.2) is 0 Å². The van der Waals surface area contributed by atoms with Crippen LogP contribution in [0.3, 0.4) is 0 Å². The summed E-state index contributed by atoms with van der Waals surface area (Å²) in [5.41, 5.74) is 0. The first-order chi connectivity index (χ1) is 4.27. The summed E-state index contributed by atoms with van der Waals surface area (Å²) in [5.74, 6) is 6.78. The van der Waals surface area contributed by atoms with Crippen LogP contribution in [0, 0.1) is 24.7 Å². The van der Waals surface area contributed by atoms with Crippen molar-refractivity contribution < 1.29 is 0 Å². The molecule has 0 aliphatic carbocycles. The lowest BCUT2D eigenvalue weighted by Crippen LogP contribution is -1.83. The molecule has 0 amide bonds. The second-order valence-electron chi connectivity index (χ2n) is 2.54. The van der Waals surface area contributed by atoms with E-state index in [0.717, 1.165) is 18.8 Å². The number of hydrogen-bond donors (Lipinski definition) is 0. The van der Waals surface area contributed by atoms with Gasteiger partial charge in [0.1, 0.15) is 0 Å². The Morgan fingerprint density at radius 1 is 1.33 bits per heavy atom. The van der Waals surface area contributed by atoms with E-state index in [0.29, 0.717) is 0 Å². The van der Waals surface area contributed by atoms with Crippen molar-refractivity contribution in [3.8, 4) is 11.8 Å². The molecule has 0 rings (SSSR count). The molecule has 0 bridgehead atoms. The highest BCUT2D eigenvalue weighted by molar-refractivity contribution is 4.99. The van der Waals surface area contributed by atoms with E-state index in [1.54, 1.807) is 0 Å². The Hall–Kier alpha value is -0.440. The predicted molar refractivity (Wildman–Crippen MR) is 41.8 cm³/mol. The third-order valence-electron chi connectivity index (χ3n) is 1.10. The molecule has 0 N–H and O–H groups in total. The Labute approximate surface area is 58.7 Å². The lowest BCUT2D eigenvalue weighted by atomic mass is 10.1. The molecule has 0 heterocycles. The molecule has 0 aromatic carbocycles. The molecule has 0 heteroatoms. The quantitative estimate of drug-likeness (QED) is 0.495. The lowest BCUT2D eigenvalue weighted by molar-refractivity contribution is 0.599. The fourth-order valence-electron chi connectivity index (χ4n) is 0.538. The van der Waals surface area contributed by atoms with E-state index >= 15 is 0 Å². The van der Waals surface area contributed by atoms with Crippen LogP contribution in [-0.4, -0.2) is 0 Å². The molecule has 1 radical (unpaired) electrons. The standard InChI is InChI=1S/C9H15/c1-4-5-6-7-8-9(2)3/h9H,1,4,7-8H2,2-3H3. The molecule has 0 unspecified atom stereocenters. The normalized spacial score (nSPS) is 8.89. The van der Waals surface area contributed by atoms with E-state index in [1.165, 1.54) is 6.42 Å². The van der Waals surface area contributed by atoms with Gasteiger partial charge in [-0.05, 0) is 19.3 Å². The summed E-state index contributed by atoms with van der Waals surface area (Å²) in [6.45, 7) is 8.06. The highest BCUT2D eigenvalue weighted by atomic mass is 13.9. The van der Waals surface area contributed by atoms with Gasteiger partial charge >= 0.3 is 0 Å². The molecule has 0 aliphatic heterocycles. The SMILES string of the molecule is [CH2]CC#CCCC(C)C. The van der Waals surface area contributed by atoms with E-state index in [4.69, 9.17) is 0 Å². The van der Waals surface area contributed by atoms with Gasteiger partial charge in [-0.15, -0.1) is 11.8 Å². The van der Waals surface area contributed by atoms with Gasteiger partial charge in [0.25, 0.3) is 0 Å². The molecule has 0 aromatic rings. The maximum Gasteiger partial charge on any atom is 0.00911 e. The number of hydrogen-bond acceptors (Lipinski definition) is 0. The van der Waals surface area contributed by atoms with Gasteiger partial charge in [0, 0.05) is 12.8 Å². The lowest BCUT2D eigenvalue weighted by Gasteiger charge is -1.96. The van der Waals surface area contributed by atoms with Crippen LogP contribution in [0.5, 0.6) is 0 Å². The first-order valence-electron chi connectivity index (χ1n) is 3.52. The van der Waals surface area contributed by atoms with Gasteiger partial charge in [0.2, 0.25) is 0 Å². The predicted octanol–water partition coefficient (Wildman–Crippen LogP) is 2.65. The van der Waals surface area contributed by atoms with Crippen molar-refractivity contribution in [2.24, 2.45) is 5.92 Å². The third-order valence-corrected chi connectivity index (χ3v) is 1.10. The fourth-order valence-corrected chi connectivity index (χ4v) is 0.538. The Kier molecular flexibility index (Phi) is 5.41. The summed E-state index contributed by atoms with van der Waals surface area (Å²) < 4.78 is 0. The van der Waals surface area contributed by atoms with Gasteiger partial charge in [-0.25, -0.2) is 0 Å². The first kappa shape index (κ1) is 8.56. The Morgan fingerprint density at radius 2 is 2.00 bits per heavy atom. The van der Waals surface area contributed by atoms with Gasteiger partial charge in [-0.2, -0.15) is 0 Å². The van der Waals surface area contributed by atoms with E-state index in [-0.39, 0.29) is 0 Å². The number of rotatable bonds is 2. The minimum absolute atomic E-state index is 0.748. The molecular formula is C9H15. The van der Waals surface area contributed by atoms with Crippen LogP contribution in [0.2, 0.25) is 0 Å². The fraction of sp³-hybridized carbons (Fsp3) is 0.667. The van der Waals surface area contributed by atoms with Crippen molar-refractivity contribution in [2.45, 2.75) is 33.1 Å². The molecule has 0 fully saturated rings. The molecule has 9 heavy (non-hydrogen) atoms. The van der Waals surface area contributed by atoms with Crippen molar-refractivity contribution in [1.29, 1.82) is 0 Å². The summed E-state index contributed by atoms with van der Waals surface area (Å²) in [6.07, 6.45) is 3.00. The maximum absolute atomic E-state index is 3.63. The largest absolute Gasteiger partial charge is 0.103 e. The minimum atomic E-state index is 0.748. The zero-order chi connectivity index (χ0) is 7.11.